The van der Waals surface area contributed by atoms with Gasteiger partial charge in [0.25, 0.3) is 0 Å². The van der Waals surface area contributed by atoms with Crippen LogP contribution < -0.4 is 5.73 Å². The largest absolute Gasteiger partial charge is 0.480 e. The highest BCUT2D eigenvalue weighted by Gasteiger charge is 2.28. The van der Waals surface area contributed by atoms with Crippen LogP contribution in [-0.4, -0.2) is 71.1 Å². The highest BCUT2D eigenvalue weighted by molar-refractivity contribution is 7.47. The number of carboxylic acid groups (broad SMARTS) is 1. The number of hydrogen-bond donors (Lipinski definition) is 4. The fourth-order valence-corrected chi connectivity index (χ4v) is 6.07. The molecule has 0 aromatic rings. The maximum absolute atomic E-state index is 12.6. The number of carbonyl (C=O) groups is 3. The minimum Gasteiger partial charge on any atom is -0.480 e. The number of carbonyl (C=O) groups excluding carboxylic acids is 2. The molecule has 0 saturated heterocycles. The third kappa shape index (κ3) is 41.5. The number of carboxylic acids is 1. The summed E-state index contributed by atoms with van der Waals surface area (Å²) in [4.78, 5) is 46.0. The van der Waals surface area contributed by atoms with Crippen LogP contribution in [0, 0.1) is 0 Å². The summed E-state index contributed by atoms with van der Waals surface area (Å²) in [6.45, 7) is 2.50. The van der Waals surface area contributed by atoms with E-state index >= 15 is 0 Å². The van der Waals surface area contributed by atoms with E-state index in [2.05, 4.69) is 91.3 Å². The van der Waals surface area contributed by atoms with Gasteiger partial charge in [-0.15, -0.1) is 0 Å². The van der Waals surface area contributed by atoms with Crippen LogP contribution in [0.2, 0.25) is 0 Å². The van der Waals surface area contributed by atoms with Crippen molar-refractivity contribution in [2.45, 2.75) is 167 Å². The van der Waals surface area contributed by atoms with Crippen molar-refractivity contribution < 1.29 is 52.6 Å². The van der Waals surface area contributed by atoms with E-state index < -0.39 is 57.7 Å². The van der Waals surface area contributed by atoms with Crippen molar-refractivity contribution in [2.24, 2.45) is 5.73 Å². The van der Waals surface area contributed by atoms with Crippen LogP contribution in [0.15, 0.2) is 97.2 Å². The number of rotatable bonds is 40. The molecule has 12 nitrogen and oxygen atoms in total. The molecular weight excluding hydrogens is 797 g/mol. The first kappa shape index (κ1) is 57.4. The lowest BCUT2D eigenvalue weighted by molar-refractivity contribution is -0.161. The normalized spacial score (nSPS) is 15.1. The molecule has 0 fully saturated rings. The minimum atomic E-state index is -4.76. The van der Waals surface area contributed by atoms with E-state index in [4.69, 9.17) is 24.8 Å². The Morgan fingerprint density at radius 1 is 0.574 bits per heavy atom. The highest BCUT2D eigenvalue weighted by Crippen LogP contribution is 2.43. The first-order valence-corrected chi connectivity index (χ1v) is 23.8. The van der Waals surface area contributed by atoms with Gasteiger partial charge in [-0.1, -0.05) is 143 Å². The van der Waals surface area contributed by atoms with E-state index in [-0.39, 0.29) is 18.9 Å². The fraction of sp³-hybridized carbons (Fsp3) is 0.604. The van der Waals surface area contributed by atoms with Crippen molar-refractivity contribution in [3.05, 3.63) is 97.2 Å². The smallest absolute Gasteiger partial charge is 0.472 e. The van der Waals surface area contributed by atoms with Gasteiger partial charge in [0.05, 0.1) is 19.3 Å². The van der Waals surface area contributed by atoms with Crippen molar-refractivity contribution in [1.82, 2.24) is 0 Å². The minimum absolute atomic E-state index is 0.0979. The average molecular weight is 876 g/mol. The van der Waals surface area contributed by atoms with Gasteiger partial charge in [0.1, 0.15) is 12.6 Å². The molecule has 4 atom stereocenters. The predicted molar refractivity (Wildman–Crippen MR) is 246 cm³/mol. The summed E-state index contributed by atoms with van der Waals surface area (Å²) in [7, 11) is -4.76. The molecule has 0 radical (unpaired) electrons. The lowest BCUT2D eigenvalue weighted by Gasteiger charge is -2.20. The zero-order chi connectivity index (χ0) is 45.1. The van der Waals surface area contributed by atoms with Crippen molar-refractivity contribution in [2.75, 3.05) is 19.8 Å². The van der Waals surface area contributed by atoms with Crippen molar-refractivity contribution in [1.29, 1.82) is 0 Å². The number of unbranched alkanes of at least 4 members (excludes halogenated alkanes) is 8. The van der Waals surface area contributed by atoms with Gasteiger partial charge in [0, 0.05) is 12.8 Å². The number of phosphoric ester groups is 1. The molecule has 0 amide bonds. The molecule has 61 heavy (non-hydrogen) atoms. The Morgan fingerprint density at radius 2 is 1.03 bits per heavy atom. The molecule has 0 aliphatic carbocycles. The summed E-state index contributed by atoms with van der Waals surface area (Å²) >= 11 is 0. The van der Waals surface area contributed by atoms with Gasteiger partial charge in [0.15, 0.2) is 6.10 Å². The maximum Gasteiger partial charge on any atom is 0.472 e. The van der Waals surface area contributed by atoms with Crippen LogP contribution in [0.3, 0.4) is 0 Å². The standard InChI is InChI=1S/C48H78NO11P/c1-3-5-7-8-9-10-11-12-13-14-15-16-17-18-23-26-29-32-35-39-47(52)60-44(41-58-61(55,56)59-42-45(49)48(53)54)40-57-46(51)38-34-31-28-25-22-20-19-21-24-27-30-33-37-43(50)36-6-4-2/h9-10,12-13,15-16,18-20,23-25,27-28,33,37,43-45,50H,3-8,11,14,17,21-22,26,29-32,34-36,38-42,49H2,1-2H3,(H,53,54)(H,55,56)/b10-9-,13-12-,16-15-,20-19-,23-18-,27-24-,28-25-,37-33-/t43-,44+,45-/m0/s1. The number of nitrogens with two attached hydrogens (primary N) is 1. The summed E-state index contributed by atoms with van der Waals surface area (Å²) in [5, 5.41) is 18.7. The lowest BCUT2D eigenvalue weighted by atomic mass is 10.1. The van der Waals surface area contributed by atoms with Gasteiger partial charge in [0.2, 0.25) is 0 Å². The molecule has 0 aromatic heterocycles. The Kier molecular flexibility index (Phi) is 39.2. The van der Waals surface area contributed by atoms with Gasteiger partial charge in [-0.25, -0.2) is 4.57 Å². The molecule has 0 bridgehead atoms. The second-order valence-corrected chi connectivity index (χ2v) is 16.1. The molecule has 1 unspecified atom stereocenters. The van der Waals surface area contributed by atoms with Gasteiger partial charge in [-0.05, 0) is 89.9 Å². The molecule has 0 aliphatic heterocycles. The molecule has 0 aliphatic rings. The quantitative estimate of drug-likeness (QED) is 0.0197. The van der Waals surface area contributed by atoms with Crippen LogP contribution in [0.25, 0.3) is 0 Å². The van der Waals surface area contributed by atoms with Gasteiger partial charge < -0.3 is 30.3 Å². The van der Waals surface area contributed by atoms with Crippen molar-refractivity contribution in [3.8, 4) is 0 Å². The van der Waals surface area contributed by atoms with E-state index in [1.165, 1.54) is 19.3 Å². The Bertz CT molecular complexity index is 1420. The Hall–Kier alpha value is -3.64. The molecule has 0 heterocycles. The number of esters is 2. The third-order valence-electron chi connectivity index (χ3n) is 8.88. The van der Waals surface area contributed by atoms with E-state index in [0.29, 0.717) is 19.3 Å². The topological polar surface area (TPSA) is 192 Å². The predicted octanol–water partition coefficient (Wildman–Crippen LogP) is 11.0. The zero-order valence-corrected chi connectivity index (χ0v) is 38.0. The average Bonchev–Trinajstić information content (AvgIpc) is 3.23. The van der Waals surface area contributed by atoms with E-state index in [1.54, 1.807) is 0 Å². The number of aliphatic hydroxyl groups excluding tert-OH is 1. The lowest BCUT2D eigenvalue weighted by Crippen LogP contribution is -2.34. The van der Waals surface area contributed by atoms with Gasteiger partial charge >= 0.3 is 25.7 Å². The highest BCUT2D eigenvalue weighted by atomic mass is 31.2. The van der Waals surface area contributed by atoms with E-state index in [9.17, 15) is 28.9 Å². The Balaban J connectivity index is 4.56. The molecule has 5 N–H and O–H groups in total. The molecule has 346 valence electrons. The second kappa shape index (κ2) is 41.7. The summed E-state index contributed by atoms with van der Waals surface area (Å²) < 4.78 is 32.6. The summed E-state index contributed by atoms with van der Waals surface area (Å²) in [6, 6.07) is -1.55. The maximum atomic E-state index is 12.6. The molecule has 13 heteroatoms. The molecule has 0 spiro atoms. The first-order valence-electron chi connectivity index (χ1n) is 22.4. The van der Waals surface area contributed by atoms with Gasteiger partial charge in [-0.3, -0.25) is 23.4 Å². The van der Waals surface area contributed by atoms with Crippen LogP contribution in [0.1, 0.15) is 149 Å². The molecule has 0 aromatic carbocycles. The van der Waals surface area contributed by atoms with Crippen LogP contribution in [0.4, 0.5) is 0 Å². The third-order valence-corrected chi connectivity index (χ3v) is 9.83. The number of aliphatic hydroxyl groups is 1. The number of hydrogen-bond acceptors (Lipinski definition) is 10. The molecular formula is C48H78NO11P. The number of phosphoric acid groups is 1. The van der Waals surface area contributed by atoms with E-state index in [1.807, 2.05) is 24.3 Å². The van der Waals surface area contributed by atoms with Crippen molar-refractivity contribution in [3.63, 3.8) is 0 Å². The Morgan fingerprint density at radius 3 is 1.56 bits per heavy atom. The first-order chi connectivity index (χ1) is 29.5. The Labute approximate surface area is 367 Å². The van der Waals surface area contributed by atoms with Crippen LogP contribution in [-0.2, 0) is 37.5 Å². The second-order valence-electron chi connectivity index (χ2n) is 14.6. The van der Waals surface area contributed by atoms with Crippen molar-refractivity contribution >= 4 is 25.7 Å². The summed E-state index contributed by atoms with van der Waals surface area (Å²) in [5.41, 5.74) is 5.33. The number of ether oxygens (including phenoxy) is 2. The summed E-state index contributed by atoms with van der Waals surface area (Å²) in [5.74, 6) is -2.53. The van der Waals surface area contributed by atoms with Crippen LogP contribution in [0.5, 0.6) is 0 Å². The molecule has 0 saturated carbocycles. The summed E-state index contributed by atoms with van der Waals surface area (Å²) in [6.07, 6.45) is 49.5. The molecule has 0 rings (SSSR count). The number of allylic oxidation sites excluding steroid dienone is 15. The fourth-order valence-electron chi connectivity index (χ4n) is 5.29. The van der Waals surface area contributed by atoms with E-state index in [0.717, 1.165) is 83.5 Å². The van der Waals surface area contributed by atoms with Crippen LogP contribution >= 0.6 is 7.82 Å². The monoisotopic (exact) mass is 876 g/mol. The van der Waals surface area contributed by atoms with Gasteiger partial charge in [-0.2, -0.15) is 0 Å². The SMILES string of the molecule is CCCCC/C=C\C/C=C\C/C=C\C/C=C\CCCCCC(=O)O[C@H](COC(=O)CCC/C=C\C/C=C\C/C=C\C/C=C\[C@@H](O)CCCC)COP(=O)(O)OC[C@H](N)C(=O)O. The zero-order valence-electron chi connectivity index (χ0n) is 37.1. The number of aliphatic carboxylic acids is 1.